The number of benzene rings is 3. The summed E-state index contributed by atoms with van der Waals surface area (Å²) in [6.45, 7) is 0.251. The SMILES string of the molecule is CNC(=O)C1(c2ccc(F)cc2)Cc2cc(Br)c(N(CCc3ccc(Cl)cc3)S(=O)O)cc2O1. The van der Waals surface area contributed by atoms with Crippen LogP contribution >= 0.6 is 27.5 Å². The summed E-state index contributed by atoms with van der Waals surface area (Å²) in [5.74, 6) is -0.385. The second-order valence-corrected chi connectivity index (χ2v) is 10.0. The van der Waals surface area contributed by atoms with Crippen molar-refractivity contribution in [2.75, 3.05) is 17.9 Å². The summed E-state index contributed by atoms with van der Waals surface area (Å²) in [6, 6.07) is 16.3. The number of ether oxygens (including phenoxy) is 1. The first kappa shape index (κ1) is 24.7. The minimum atomic E-state index is -2.31. The van der Waals surface area contributed by atoms with Gasteiger partial charge >= 0.3 is 0 Å². The maximum atomic E-state index is 13.5. The Balaban J connectivity index is 1.66. The first-order valence-electron chi connectivity index (χ1n) is 10.4. The minimum absolute atomic E-state index is 0.222. The second kappa shape index (κ2) is 10.0. The second-order valence-electron chi connectivity index (χ2n) is 7.81. The highest BCUT2D eigenvalue weighted by molar-refractivity contribution is 9.10. The van der Waals surface area contributed by atoms with Gasteiger partial charge in [0.1, 0.15) is 11.6 Å². The molecule has 0 aliphatic carbocycles. The Labute approximate surface area is 212 Å². The standard InChI is InChI=1S/C24H21BrClFN2O4S/c1-28-23(30)24(17-4-8-19(27)9-5-17)14-16-12-20(25)21(13-22(16)33-24)29(34(31)32)11-10-15-2-6-18(26)7-3-15/h2-9,12-13H,10-11,14H2,1H3,(H,28,30)(H,31,32). The van der Waals surface area contributed by atoms with E-state index in [0.717, 1.165) is 11.1 Å². The Morgan fingerprint density at radius 1 is 1.24 bits per heavy atom. The minimum Gasteiger partial charge on any atom is -0.472 e. The molecule has 34 heavy (non-hydrogen) atoms. The number of likely N-dealkylation sites (N-methyl/N-ethyl adjacent to an activating group) is 1. The molecule has 1 amide bonds. The van der Waals surface area contributed by atoms with Crippen molar-refractivity contribution in [2.45, 2.75) is 18.4 Å². The van der Waals surface area contributed by atoms with Gasteiger partial charge in [0.15, 0.2) is 0 Å². The summed E-state index contributed by atoms with van der Waals surface area (Å²) in [5, 5.41) is 3.25. The highest BCUT2D eigenvalue weighted by Crippen LogP contribution is 2.46. The molecule has 0 spiro atoms. The number of nitrogens with zero attached hydrogens (tertiary/aromatic N) is 1. The van der Waals surface area contributed by atoms with Gasteiger partial charge in [-0.3, -0.25) is 13.7 Å². The lowest BCUT2D eigenvalue weighted by Gasteiger charge is -2.27. The monoisotopic (exact) mass is 566 g/mol. The predicted molar refractivity (Wildman–Crippen MR) is 134 cm³/mol. The largest absolute Gasteiger partial charge is 0.472 e. The molecule has 0 fully saturated rings. The van der Waals surface area contributed by atoms with Crippen molar-refractivity contribution < 1.29 is 22.7 Å². The summed E-state index contributed by atoms with van der Waals surface area (Å²) in [5.41, 5.74) is 1.27. The van der Waals surface area contributed by atoms with Gasteiger partial charge in [-0.25, -0.2) is 8.60 Å². The number of halogens is 3. The van der Waals surface area contributed by atoms with Gasteiger partial charge < -0.3 is 10.1 Å². The van der Waals surface area contributed by atoms with Crippen molar-refractivity contribution >= 4 is 50.4 Å². The molecule has 0 aromatic heterocycles. The average molecular weight is 568 g/mol. The lowest BCUT2D eigenvalue weighted by molar-refractivity contribution is -0.135. The van der Waals surface area contributed by atoms with E-state index in [2.05, 4.69) is 21.2 Å². The Morgan fingerprint density at radius 2 is 1.91 bits per heavy atom. The topological polar surface area (TPSA) is 78.9 Å². The lowest BCUT2D eigenvalue weighted by atomic mass is 9.88. The molecular formula is C24H21BrClFN2O4S. The van der Waals surface area contributed by atoms with Crippen LogP contribution in [0.15, 0.2) is 65.1 Å². The normalized spacial score (nSPS) is 17.6. The van der Waals surface area contributed by atoms with E-state index in [-0.39, 0.29) is 18.9 Å². The van der Waals surface area contributed by atoms with Crippen molar-refractivity contribution in [1.29, 1.82) is 0 Å². The van der Waals surface area contributed by atoms with E-state index < -0.39 is 22.7 Å². The summed E-state index contributed by atoms with van der Waals surface area (Å²) in [4.78, 5) is 12.9. The van der Waals surface area contributed by atoms with Crippen LogP contribution in [0.2, 0.25) is 5.02 Å². The molecule has 3 aromatic carbocycles. The molecule has 2 atom stereocenters. The van der Waals surface area contributed by atoms with Gasteiger partial charge in [-0.1, -0.05) is 35.9 Å². The fraction of sp³-hybridized carbons (Fsp3) is 0.208. The van der Waals surface area contributed by atoms with Crippen molar-refractivity contribution in [1.82, 2.24) is 5.32 Å². The molecule has 2 unspecified atom stereocenters. The Kier molecular flexibility index (Phi) is 7.28. The van der Waals surface area contributed by atoms with Crippen molar-refractivity contribution in [3.8, 4) is 5.75 Å². The van der Waals surface area contributed by atoms with Crippen LogP contribution < -0.4 is 14.4 Å². The van der Waals surface area contributed by atoms with E-state index >= 15 is 0 Å². The van der Waals surface area contributed by atoms with Gasteiger partial charge in [-0.05, 0) is 58.2 Å². The summed E-state index contributed by atoms with van der Waals surface area (Å²) in [7, 11) is 1.51. The molecule has 1 aliphatic rings. The third-order valence-corrected chi connectivity index (χ3v) is 7.38. The molecule has 1 aliphatic heterocycles. The van der Waals surface area contributed by atoms with Gasteiger partial charge in [-0.2, -0.15) is 0 Å². The number of fused-ring (bicyclic) bond motifs is 1. The molecule has 0 radical (unpaired) electrons. The number of carbonyl (C=O) groups excluding carboxylic acids is 1. The number of carbonyl (C=O) groups is 1. The third kappa shape index (κ3) is 4.84. The van der Waals surface area contributed by atoms with E-state index in [9.17, 15) is 17.9 Å². The molecule has 0 saturated carbocycles. The first-order valence-corrected chi connectivity index (χ1v) is 12.6. The molecule has 0 saturated heterocycles. The molecule has 4 rings (SSSR count). The molecule has 2 N–H and O–H groups in total. The van der Waals surface area contributed by atoms with Crippen LogP contribution in [0.5, 0.6) is 5.75 Å². The van der Waals surface area contributed by atoms with E-state index in [1.165, 1.54) is 35.6 Å². The number of nitrogens with one attached hydrogen (secondary N) is 1. The summed E-state index contributed by atoms with van der Waals surface area (Å²) in [6.07, 6.45) is 0.727. The number of amides is 1. The van der Waals surface area contributed by atoms with Crippen LogP contribution in [0.1, 0.15) is 16.7 Å². The summed E-state index contributed by atoms with van der Waals surface area (Å²) < 4.78 is 43.9. The van der Waals surface area contributed by atoms with Crippen LogP contribution in [0.25, 0.3) is 0 Å². The number of hydrogen-bond donors (Lipinski definition) is 2. The van der Waals surface area contributed by atoms with Gasteiger partial charge in [0, 0.05) is 46.7 Å². The van der Waals surface area contributed by atoms with Gasteiger partial charge in [0.25, 0.3) is 17.2 Å². The smallest absolute Gasteiger partial charge is 0.269 e. The highest BCUT2D eigenvalue weighted by atomic mass is 79.9. The fourth-order valence-corrected chi connectivity index (χ4v) is 5.42. The van der Waals surface area contributed by atoms with Gasteiger partial charge in [0.2, 0.25) is 5.60 Å². The highest BCUT2D eigenvalue weighted by Gasteiger charge is 2.48. The number of anilines is 1. The van der Waals surface area contributed by atoms with Crippen LogP contribution in [0, 0.1) is 5.82 Å². The Hall–Kier alpha value is -2.46. The molecule has 6 nitrogen and oxygen atoms in total. The molecule has 10 heteroatoms. The predicted octanol–water partition coefficient (Wildman–Crippen LogP) is 5.00. The zero-order valence-electron chi connectivity index (χ0n) is 18.1. The maximum absolute atomic E-state index is 13.5. The van der Waals surface area contributed by atoms with E-state index in [0.29, 0.717) is 32.9 Å². The molecular weight excluding hydrogens is 547 g/mol. The van der Waals surface area contributed by atoms with Crippen molar-refractivity contribution in [3.05, 3.63) is 92.7 Å². The maximum Gasteiger partial charge on any atom is 0.269 e. The lowest BCUT2D eigenvalue weighted by Crippen LogP contribution is -2.46. The van der Waals surface area contributed by atoms with Gasteiger partial charge in [0.05, 0.1) is 5.69 Å². The third-order valence-electron chi connectivity index (χ3n) is 5.73. The molecule has 0 bridgehead atoms. The zero-order chi connectivity index (χ0) is 24.5. The number of rotatable bonds is 7. The van der Waals surface area contributed by atoms with Crippen LogP contribution in [0.3, 0.4) is 0 Å². The number of hydrogen-bond acceptors (Lipinski definition) is 3. The van der Waals surface area contributed by atoms with Crippen LogP contribution in [-0.2, 0) is 34.5 Å². The Morgan fingerprint density at radius 3 is 2.53 bits per heavy atom. The fourth-order valence-electron chi connectivity index (χ4n) is 4.00. The van der Waals surface area contributed by atoms with Crippen LogP contribution in [-0.4, -0.2) is 28.3 Å². The molecule has 1 heterocycles. The van der Waals surface area contributed by atoms with Crippen molar-refractivity contribution in [3.63, 3.8) is 0 Å². The van der Waals surface area contributed by atoms with E-state index in [4.69, 9.17) is 16.3 Å². The molecule has 178 valence electrons. The average Bonchev–Trinajstić information content (AvgIpc) is 3.19. The van der Waals surface area contributed by atoms with E-state index in [1.54, 1.807) is 24.3 Å². The molecule has 3 aromatic rings. The van der Waals surface area contributed by atoms with Crippen molar-refractivity contribution in [2.24, 2.45) is 0 Å². The van der Waals surface area contributed by atoms with Crippen LogP contribution in [0.4, 0.5) is 10.1 Å². The first-order chi connectivity index (χ1) is 16.2. The van der Waals surface area contributed by atoms with E-state index in [1.807, 2.05) is 12.1 Å². The van der Waals surface area contributed by atoms with Gasteiger partial charge in [-0.15, -0.1) is 0 Å². The zero-order valence-corrected chi connectivity index (χ0v) is 21.2. The Bertz CT molecular complexity index is 1240. The quantitative estimate of drug-likeness (QED) is 0.394. The summed E-state index contributed by atoms with van der Waals surface area (Å²) >= 11 is 7.13.